The van der Waals surface area contributed by atoms with Gasteiger partial charge in [-0.1, -0.05) is 6.58 Å². The maximum Gasteiger partial charge on any atom is 0.244 e. The van der Waals surface area contributed by atoms with Crippen LogP contribution in [-0.2, 0) is 4.79 Å². The third-order valence-corrected chi connectivity index (χ3v) is 1.31. The standard InChI is InChI=1S/C7H14N2O.ClH.H3N/c1-5-7(10)8-6(2)9(3)4;;/h5-6H,1H2,2-4H3,(H,8,10);1H;1H3. The van der Waals surface area contributed by atoms with Gasteiger partial charge in [0.1, 0.15) is 0 Å². The van der Waals surface area contributed by atoms with Gasteiger partial charge in [0.25, 0.3) is 0 Å². The van der Waals surface area contributed by atoms with Crippen LogP contribution >= 0.6 is 12.4 Å². The number of hydrogen-bond acceptors (Lipinski definition) is 3. The van der Waals surface area contributed by atoms with Crippen LogP contribution in [0.2, 0.25) is 0 Å². The maximum absolute atomic E-state index is 10.7. The summed E-state index contributed by atoms with van der Waals surface area (Å²) in [7, 11) is 3.79. The highest BCUT2D eigenvalue weighted by atomic mass is 35.5. The molecule has 0 aromatic rings. The molecule has 0 radical (unpaired) electrons. The highest BCUT2D eigenvalue weighted by Crippen LogP contribution is 1.84. The van der Waals surface area contributed by atoms with Crippen LogP contribution in [0.1, 0.15) is 6.92 Å². The van der Waals surface area contributed by atoms with E-state index in [-0.39, 0.29) is 30.6 Å². The minimum Gasteiger partial charge on any atom is -0.344 e. The van der Waals surface area contributed by atoms with Crippen LogP contribution in [0.15, 0.2) is 12.7 Å². The molecule has 74 valence electrons. The van der Waals surface area contributed by atoms with Crippen LogP contribution < -0.4 is 11.5 Å². The zero-order valence-electron chi connectivity index (χ0n) is 7.83. The second-order valence-electron chi connectivity index (χ2n) is 2.35. The van der Waals surface area contributed by atoms with E-state index in [1.807, 2.05) is 25.9 Å². The molecule has 0 rings (SSSR count). The Bertz CT molecular complexity index is 139. The Morgan fingerprint density at radius 2 is 2.00 bits per heavy atom. The summed E-state index contributed by atoms with van der Waals surface area (Å²) in [5, 5.41) is 2.70. The van der Waals surface area contributed by atoms with E-state index in [0.29, 0.717) is 0 Å². The van der Waals surface area contributed by atoms with E-state index in [9.17, 15) is 4.79 Å². The van der Waals surface area contributed by atoms with Crippen LogP contribution in [0.25, 0.3) is 0 Å². The molecule has 0 aliphatic carbocycles. The fourth-order valence-corrected chi connectivity index (χ4v) is 0.394. The highest BCUT2D eigenvalue weighted by molar-refractivity contribution is 5.86. The molecule has 0 aromatic heterocycles. The molecule has 5 heteroatoms. The highest BCUT2D eigenvalue weighted by Gasteiger charge is 2.04. The van der Waals surface area contributed by atoms with Crippen molar-refractivity contribution in [3.8, 4) is 0 Å². The third-order valence-electron chi connectivity index (χ3n) is 1.31. The van der Waals surface area contributed by atoms with Crippen molar-refractivity contribution in [3.05, 3.63) is 12.7 Å². The monoisotopic (exact) mass is 195 g/mol. The smallest absolute Gasteiger partial charge is 0.244 e. The summed E-state index contributed by atoms with van der Waals surface area (Å²) in [6.45, 7) is 5.25. The van der Waals surface area contributed by atoms with Crippen LogP contribution in [-0.4, -0.2) is 31.1 Å². The minimum atomic E-state index is -0.138. The number of carbonyl (C=O) groups excluding carboxylic acids is 1. The van der Waals surface area contributed by atoms with Gasteiger partial charge < -0.3 is 11.5 Å². The average molecular weight is 196 g/mol. The van der Waals surface area contributed by atoms with Crippen LogP contribution in [0.4, 0.5) is 0 Å². The van der Waals surface area contributed by atoms with Gasteiger partial charge in [-0.2, -0.15) is 0 Å². The normalized spacial score (nSPS) is 10.7. The molecular weight excluding hydrogens is 178 g/mol. The van der Waals surface area contributed by atoms with E-state index < -0.39 is 0 Å². The van der Waals surface area contributed by atoms with Crippen LogP contribution in [0.3, 0.4) is 0 Å². The van der Waals surface area contributed by atoms with Crippen molar-refractivity contribution in [1.82, 2.24) is 16.4 Å². The van der Waals surface area contributed by atoms with Crippen LogP contribution in [0, 0.1) is 0 Å². The molecule has 0 aliphatic rings. The van der Waals surface area contributed by atoms with E-state index in [0.717, 1.165) is 0 Å². The summed E-state index contributed by atoms with van der Waals surface area (Å²) in [5.41, 5.74) is 0. The lowest BCUT2D eigenvalue weighted by molar-refractivity contribution is -0.117. The van der Waals surface area contributed by atoms with Crippen molar-refractivity contribution >= 4 is 18.3 Å². The molecule has 1 amide bonds. The van der Waals surface area contributed by atoms with Gasteiger partial charge in [-0.05, 0) is 27.1 Å². The van der Waals surface area contributed by atoms with Gasteiger partial charge in [0.2, 0.25) is 5.91 Å². The molecule has 0 aromatic carbocycles. The Labute approximate surface area is 80.0 Å². The van der Waals surface area contributed by atoms with Crippen molar-refractivity contribution in [2.24, 2.45) is 0 Å². The SMILES string of the molecule is C=CC(=O)NC(C)N(C)C.Cl.N. The molecule has 0 heterocycles. The summed E-state index contributed by atoms with van der Waals surface area (Å²) < 4.78 is 0. The van der Waals surface area contributed by atoms with E-state index in [4.69, 9.17) is 0 Å². The first-order valence-electron chi connectivity index (χ1n) is 3.17. The summed E-state index contributed by atoms with van der Waals surface area (Å²) >= 11 is 0. The fourth-order valence-electron chi connectivity index (χ4n) is 0.394. The zero-order chi connectivity index (χ0) is 8.15. The predicted octanol–water partition coefficient (Wildman–Crippen LogP) is 0.780. The van der Waals surface area contributed by atoms with Gasteiger partial charge in [-0.3, -0.25) is 9.69 Å². The molecule has 0 saturated heterocycles. The van der Waals surface area contributed by atoms with E-state index in [1.165, 1.54) is 6.08 Å². The van der Waals surface area contributed by atoms with Gasteiger partial charge in [0.15, 0.2) is 0 Å². The number of amides is 1. The van der Waals surface area contributed by atoms with Crippen LogP contribution in [0.5, 0.6) is 0 Å². The number of halogens is 1. The summed E-state index contributed by atoms with van der Waals surface area (Å²) in [6.07, 6.45) is 1.32. The summed E-state index contributed by atoms with van der Waals surface area (Å²) in [4.78, 5) is 12.6. The van der Waals surface area contributed by atoms with Crippen molar-refractivity contribution < 1.29 is 4.79 Å². The van der Waals surface area contributed by atoms with Gasteiger partial charge in [0, 0.05) is 0 Å². The number of nitrogens with one attached hydrogen (secondary N) is 1. The Hall–Kier alpha value is -0.580. The number of hydrogen-bond donors (Lipinski definition) is 2. The Morgan fingerprint density at radius 3 is 2.25 bits per heavy atom. The average Bonchev–Trinajstić information content (AvgIpc) is 1.87. The fraction of sp³-hybridized carbons (Fsp3) is 0.571. The van der Waals surface area contributed by atoms with Gasteiger partial charge in [-0.15, -0.1) is 12.4 Å². The van der Waals surface area contributed by atoms with Crippen molar-refractivity contribution in [2.45, 2.75) is 13.1 Å². The largest absolute Gasteiger partial charge is 0.344 e. The topological polar surface area (TPSA) is 67.3 Å². The van der Waals surface area contributed by atoms with E-state index in [1.54, 1.807) is 0 Å². The molecule has 12 heavy (non-hydrogen) atoms. The Kier molecular flexibility index (Phi) is 12.4. The van der Waals surface area contributed by atoms with Gasteiger partial charge >= 0.3 is 0 Å². The molecule has 1 atom stereocenters. The first kappa shape index (κ1) is 17.5. The second-order valence-corrected chi connectivity index (χ2v) is 2.35. The lowest BCUT2D eigenvalue weighted by Gasteiger charge is -2.19. The molecule has 1 unspecified atom stereocenters. The predicted molar refractivity (Wildman–Crippen MR) is 53.8 cm³/mol. The molecule has 0 spiro atoms. The van der Waals surface area contributed by atoms with E-state index >= 15 is 0 Å². The van der Waals surface area contributed by atoms with E-state index in [2.05, 4.69) is 11.9 Å². The molecule has 4 nitrogen and oxygen atoms in total. The third kappa shape index (κ3) is 7.53. The molecule has 4 N–H and O–H groups in total. The summed E-state index contributed by atoms with van der Waals surface area (Å²) in [6, 6.07) is 0. The second kappa shape index (κ2) is 8.52. The summed E-state index contributed by atoms with van der Waals surface area (Å²) in [5.74, 6) is -0.138. The lowest BCUT2D eigenvalue weighted by atomic mass is 10.4. The first-order chi connectivity index (χ1) is 4.57. The first-order valence-corrected chi connectivity index (χ1v) is 3.17. The molecule has 0 aliphatic heterocycles. The molecule has 0 fully saturated rings. The molecule has 0 saturated carbocycles. The van der Waals surface area contributed by atoms with Crippen molar-refractivity contribution in [2.75, 3.05) is 14.1 Å². The van der Waals surface area contributed by atoms with Gasteiger partial charge in [0.05, 0.1) is 6.17 Å². The Morgan fingerprint density at radius 1 is 1.58 bits per heavy atom. The maximum atomic E-state index is 10.7. The lowest BCUT2D eigenvalue weighted by Crippen LogP contribution is -2.41. The van der Waals surface area contributed by atoms with Gasteiger partial charge in [-0.25, -0.2) is 0 Å². The Balaban J connectivity index is -0.000000405. The van der Waals surface area contributed by atoms with Crippen molar-refractivity contribution in [3.63, 3.8) is 0 Å². The molecule has 0 bridgehead atoms. The minimum absolute atomic E-state index is 0. The quantitative estimate of drug-likeness (QED) is 0.517. The number of rotatable bonds is 3. The zero-order valence-corrected chi connectivity index (χ0v) is 8.65. The van der Waals surface area contributed by atoms with Crippen molar-refractivity contribution in [1.29, 1.82) is 0 Å². The number of carbonyl (C=O) groups is 1. The number of nitrogens with zero attached hydrogens (tertiary/aromatic N) is 1. The molecular formula is C7H18ClN3O.